The van der Waals surface area contributed by atoms with E-state index >= 15 is 0 Å². The molecule has 1 amide bonds. The molecule has 6 heteroatoms. The topological polar surface area (TPSA) is 41.1 Å². The van der Waals surface area contributed by atoms with Crippen molar-refractivity contribution < 1.29 is 18.0 Å². The molecule has 0 saturated heterocycles. The quantitative estimate of drug-likeness (QED) is 0.720. The van der Waals surface area contributed by atoms with Crippen molar-refractivity contribution in [2.45, 2.75) is 31.5 Å². The Morgan fingerprint density at radius 2 is 2.00 bits per heavy atom. The van der Waals surface area contributed by atoms with E-state index in [4.69, 9.17) is 0 Å². The fourth-order valence-corrected chi connectivity index (χ4v) is 1.15. The molecule has 1 aliphatic carbocycles. The van der Waals surface area contributed by atoms with E-state index in [1.54, 1.807) is 0 Å². The molecule has 0 spiro atoms. The van der Waals surface area contributed by atoms with Crippen LogP contribution < -0.4 is 10.6 Å². The van der Waals surface area contributed by atoms with Gasteiger partial charge in [-0.15, -0.1) is 0 Å². The third-order valence-electron chi connectivity index (χ3n) is 2.08. The van der Waals surface area contributed by atoms with Gasteiger partial charge in [0.1, 0.15) is 0 Å². The highest BCUT2D eigenvalue weighted by molar-refractivity contribution is 5.78. The molecule has 0 radical (unpaired) electrons. The summed E-state index contributed by atoms with van der Waals surface area (Å²) in [6.45, 7) is -1.39. The molecule has 0 aromatic rings. The standard InChI is InChI=1S/C8H13F3N2O/c9-8(10,11)5-12-4-7(14)13-6-2-1-3-6/h6,12H,1-5H2,(H,13,14). The fourth-order valence-electron chi connectivity index (χ4n) is 1.15. The van der Waals surface area contributed by atoms with Gasteiger partial charge in [0.25, 0.3) is 0 Å². The van der Waals surface area contributed by atoms with Crippen molar-refractivity contribution in [3.05, 3.63) is 0 Å². The Labute approximate surface area is 80.0 Å². The molecule has 2 N–H and O–H groups in total. The molecule has 1 saturated carbocycles. The smallest absolute Gasteiger partial charge is 0.352 e. The van der Waals surface area contributed by atoms with Crippen LogP contribution in [0.3, 0.4) is 0 Å². The number of carbonyl (C=O) groups excluding carboxylic acids is 1. The molecule has 0 unspecified atom stereocenters. The van der Waals surface area contributed by atoms with Gasteiger partial charge in [0, 0.05) is 6.04 Å². The lowest BCUT2D eigenvalue weighted by Crippen LogP contribution is -2.45. The van der Waals surface area contributed by atoms with E-state index in [9.17, 15) is 18.0 Å². The van der Waals surface area contributed by atoms with Crippen molar-refractivity contribution in [2.24, 2.45) is 0 Å². The minimum absolute atomic E-state index is 0.176. The Morgan fingerprint density at radius 1 is 1.36 bits per heavy atom. The summed E-state index contributed by atoms with van der Waals surface area (Å²) in [4.78, 5) is 11.0. The van der Waals surface area contributed by atoms with E-state index in [1.165, 1.54) is 0 Å². The molecule has 1 aliphatic rings. The zero-order valence-corrected chi connectivity index (χ0v) is 7.66. The van der Waals surface area contributed by atoms with Crippen LogP contribution in [0.25, 0.3) is 0 Å². The Morgan fingerprint density at radius 3 is 2.43 bits per heavy atom. The summed E-state index contributed by atoms with van der Waals surface area (Å²) in [7, 11) is 0. The highest BCUT2D eigenvalue weighted by Crippen LogP contribution is 2.17. The Balaban J connectivity index is 2.03. The maximum atomic E-state index is 11.7. The monoisotopic (exact) mass is 210 g/mol. The van der Waals surface area contributed by atoms with Gasteiger partial charge in [0.2, 0.25) is 5.91 Å². The predicted molar refractivity (Wildman–Crippen MR) is 44.7 cm³/mol. The summed E-state index contributed by atoms with van der Waals surface area (Å²) in [6.07, 6.45) is -1.30. The van der Waals surface area contributed by atoms with Crippen LogP contribution in [-0.4, -0.2) is 31.2 Å². The maximum absolute atomic E-state index is 11.7. The van der Waals surface area contributed by atoms with Crippen molar-refractivity contribution in [3.63, 3.8) is 0 Å². The first-order valence-electron chi connectivity index (χ1n) is 4.54. The van der Waals surface area contributed by atoms with Gasteiger partial charge in [-0.2, -0.15) is 13.2 Å². The average molecular weight is 210 g/mol. The van der Waals surface area contributed by atoms with Gasteiger partial charge in [0.15, 0.2) is 0 Å². The van der Waals surface area contributed by atoms with Gasteiger partial charge >= 0.3 is 6.18 Å². The van der Waals surface area contributed by atoms with Gasteiger partial charge in [-0.25, -0.2) is 0 Å². The van der Waals surface area contributed by atoms with Crippen molar-refractivity contribution in [3.8, 4) is 0 Å². The van der Waals surface area contributed by atoms with Crippen LogP contribution in [0.4, 0.5) is 13.2 Å². The summed E-state index contributed by atoms with van der Waals surface area (Å²) in [6, 6.07) is 0.176. The third kappa shape index (κ3) is 4.45. The molecule has 0 bridgehead atoms. The number of hydrogen-bond acceptors (Lipinski definition) is 2. The first-order chi connectivity index (χ1) is 6.47. The second kappa shape index (κ2) is 4.63. The minimum Gasteiger partial charge on any atom is -0.352 e. The van der Waals surface area contributed by atoms with E-state index in [2.05, 4.69) is 5.32 Å². The van der Waals surface area contributed by atoms with E-state index in [0.717, 1.165) is 19.3 Å². The normalized spacial score (nSPS) is 17.6. The molecule has 0 aromatic heterocycles. The molecule has 0 atom stereocenters. The lowest BCUT2D eigenvalue weighted by atomic mass is 9.93. The van der Waals surface area contributed by atoms with E-state index in [-0.39, 0.29) is 18.5 Å². The zero-order chi connectivity index (χ0) is 10.6. The summed E-state index contributed by atoms with van der Waals surface area (Å²) < 4.78 is 35.0. The van der Waals surface area contributed by atoms with Gasteiger partial charge in [-0.05, 0) is 19.3 Å². The van der Waals surface area contributed by atoms with Crippen LogP contribution in [0.2, 0.25) is 0 Å². The number of alkyl halides is 3. The zero-order valence-electron chi connectivity index (χ0n) is 7.66. The minimum atomic E-state index is -4.25. The van der Waals surface area contributed by atoms with Crippen LogP contribution in [0.1, 0.15) is 19.3 Å². The lowest BCUT2D eigenvalue weighted by Gasteiger charge is -2.26. The summed E-state index contributed by atoms with van der Waals surface area (Å²) in [5, 5.41) is 4.68. The Bertz CT molecular complexity index is 201. The van der Waals surface area contributed by atoms with Crippen LogP contribution in [0, 0.1) is 0 Å². The molecule has 82 valence electrons. The van der Waals surface area contributed by atoms with Crippen LogP contribution in [0.5, 0.6) is 0 Å². The SMILES string of the molecule is O=C(CNCC(F)(F)F)NC1CCC1. The highest BCUT2D eigenvalue weighted by Gasteiger charge is 2.27. The molecule has 0 aromatic carbocycles. The van der Waals surface area contributed by atoms with Crippen LogP contribution in [-0.2, 0) is 4.79 Å². The van der Waals surface area contributed by atoms with Gasteiger partial charge < -0.3 is 10.6 Å². The molecule has 0 heterocycles. The lowest BCUT2D eigenvalue weighted by molar-refractivity contribution is -0.128. The van der Waals surface area contributed by atoms with Crippen molar-refractivity contribution >= 4 is 5.91 Å². The van der Waals surface area contributed by atoms with E-state index in [1.807, 2.05) is 5.32 Å². The molecule has 14 heavy (non-hydrogen) atoms. The fraction of sp³-hybridized carbons (Fsp3) is 0.875. The highest BCUT2D eigenvalue weighted by atomic mass is 19.4. The van der Waals surface area contributed by atoms with E-state index < -0.39 is 12.7 Å². The Kier molecular flexibility index (Phi) is 3.74. The predicted octanol–water partition coefficient (Wildman–Crippen LogP) is 0.807. The molecule has 3 nitrogen and oxygen atoms in total. The largest absolute Gasteiger partial charge is 0.401 e. The summed E-state index contributed by atoms with van der Waals surface area (Å²) in [5.41, 5.74) is 0. The number of amides is 1. The maximum Gasteiger partial charge on any atom is 0.401 e. The van der Waals surface area contributed by atoms with Gasteiger partial charge in [-0.1, -0.05) is 0 Å². The first-order valence-corrected chi connectivity index (χ1v) is 4.54. The van der Waals surface area contributed by atoms with Crippen LogP contribution >= 0.6 is 0 Å². The second-order valence-corrected chi connectivity index (χ2v) is 3.41. The number of carbonyl (C=O) groups is 1. The molecule has 1 rings (SSSR count). The Hall–Kier alpha value is -0.780. The third-order valence-corrected chi connectivity index (χ3v) is 2.08. The molecular formula is C8H13F3N2O. The van der Waals surface area contributed by atoms with Crippen LogP contribution in [0.15, 0.2) is 0 Å². The van der Waals surface area contributed by atoms with Crippen molar-refractivity contribution in [1.29, 1.82) is 0 Å². The van der Waals surface area contributed by atoms with E-state index in [0.29, 0.717) is 0 Å². The van der Waals surface area contributed by atoms with Gasteiger partial charge in [0.05, 0.1) is 13.1 Å². The molecule has 1 fully saturated rings. The number of halogens is 3. The first kappa shape index (κ1) is 11.3. The molecular weight excluding hydrogens is 197 g/mol. The number of nitrogens with one attached hydrogen (secondary N) is 2. The summed E-state index contributed by atoms with van der Waals surface area (Å²) >= 11 is 0. The second-order valence-electron chi connectivity index (χ2n) is 3.41. The van der Waals surface area contributed by atoms with Gasteiger partial charge in [-0.3, -0.25) is 4.79 Å². The number of hydrogen-bond donors (Lipinski definition) is 2. The molecule has 0 aliphatic heterocycles. The van der Waals surface area contributed by atoms with Crippen molar-refractivity contribution in [2.75, 3.05) is 13.1 Å². The van der Waals surface area contributed by atoms with Crippen molar-refractivity contribution in [1.82, 2.24) is 10.6 Å². The average Bonchev–Trinajstić information content (AvgIpc) is 1.94. The number of rotatable bonds is 4. The summed E-state index contributed by atoms with van der Waals surface area (Å²) in [5.74, 6) is -0.362.